The molecular weight excluding hydrogens is 558 g/mol. The van der Waals surface area contributed by atoms with Gasteiger partial charge in [-0.25, -0.2) is 9.78 Å². The molecule has 7 heteroatoms. The zero-order chi connectivity index (χ0) is 30.3. The third kappa shape index (κ3) is 10.2. The van der Waals surface area contributed by atoms with Crippen LogP contribution in [0.1, 0.15) is 66.7 Å². The molecule has 4 rings (SSSR count). The first kappa shape index (κ1) is 31.7. The van der Waals surface area contributed by atoms with Crippen molar-refractivity contribution in [2.75, 3.05) is 13.2 Å². The first-order chi connectivity index (χ1) is 21.1. The maximum absolute atomic E-state index is 12.1. The number of rotatable bonds is 16. The van der Waals surface area contributed by atoms with Gasteiger partial charge in [0.25, 0.3) is 0 Å². The number of aromatic nitrogens is 1. The summed E-state index contributed by atoms with van der Waals surface area (Å²) in [6.07, 6.45) is 8.18. The number of hydrogen-bond acceptors (Lipinski definition) is 7. The summed E-state index contributed by atoms with van der Waals surface area (Å²) in [5.74, 6) is 0.574. The van der Waals surface area contributed by atoms with E-state index in [4.69, 9.17) is 19.2 Å². The molecule has 0 spiro atoms. The van der Waals surface area contributed by atoms with Crippen molar-refractivity contribution < 1.29 is 23.8 Å². The Morgan fingerprint density at radius 3 is 2.40 bits per heavy atom. The topological polar surface area (TPSA) is 74.7 Å². The van der Waals surface area contributed by atoms with Crippen LogP contribution in [0.4, 0.5) is 0 Å². The highest BCUT2D eigenvalue weighted by Crippen LogP contribution is 2.27. The molecular formula is C36H39NO5S. The highest BCUT2D eigenvalue weighted by molar-refractivity contribution is 7.13. The monoisotopic (exact) mass is 597 g/mol. The van der Waals surface area contributed by atoms with Gasteiger partial charge in [0.15, 0.2) is 0 Å². The number of para-hydroxylation sites is 1. The number of ether oxygens (including phenoxy) is 3. The largest absolute Gasteiger partial charge is 0.487 e. The molecule has 1 heterocycles. The highest BCUT2D eigenvalue weighted by Gasteiger charge is 2.12. The number of allylic oxidation sites excluding steroid dienone is 1. The van der Waals surface area contributed by atoms with Crippen molar-refractivity contribution >= 4 is 29.4 Å². The second kappa shape index (κ2) is 17.0. The van der Waals surface area contributed by atoms with Crippen LogP contribution in [0.3, 0.4) is 0 Å². The highest BCUT2D eigenvalue weighted by atomic mass is 32.1. The summed E-state index contributed by atoms with van der Waals surface area (Å²) >= 11 is 1.62. The molecule has 0 aliphatic carbocycles. The van der Waals surface area contributed by atoms with Crippen LogP contribution in [0, 0.1) is 5.92 Å². The van der Waals surface area contributed by atoms with E-state index in [1.807, 2.05) is 79.0 Å². The van der Waals surface area contributed by atoms with Crippen molar-refractivity contribution in [1.29, 1.82) is 0 Å². The van der Waals surface area contributed by atoms with Gasteiger partial charge in [-0.15, -0.1) is 11.3 Å². The van der Waals surface area contributed by atoms with Crippen molar-refractivity contribution in [3.8, 4) is 16.3 Å². The van der Waals surface area contributed by atoms with Crippen LogP contribution in [-0.2, 0) is 27.3 Å². The molecule has 0 aliphatic heterocycles. The third-order valence-electron chi connectivity index (χ3n) is 6.89. The zero-order valence-electron chi connectivity index (χ0n) is 24.9. The molecule has 0 saturated heterocycles. The molecule has 0 amide bonds. The second-order valence-corrected chi connectivity index (χ2v) is 11.0. The molecule has 0 radical (unpaired) electrons. The van der Waals surface area contributed by atoms with Gasteiger partial charge in [-0.2, -0.15) is 0 Å². The minimum Gasteiger partial charge on any atom is -0.487 e. The Kier molecular flexibility index (Phi) is 12.5. The summed E-state index contributed by atoms with van der Waals surface area (Å²) in [5.41, 5.74) is 4.68. The molecule has 3 aromatic carbocycles. The third-order valence-corrected chi connectivity index (χ3v) is 7.83. The van der Waals surface area contributed by atoms with Crippen molar-refractivity contribution in [1.82, 2.24) is 4.98 Å². The maximum Gasteiger partial charge on any atom is 0.338 e. The predicted molar refractivity (Wildman–Crippen MR) is 172 cm³/mol. The summed E-state index contributed by atoms with van der Waals surface area (Å²) in [4.78, 5) is 28.6. The fourth-order valence-corrected chi connectivity index (χ4v) is 5.51. The van der Waals surface area contributed by atoms with Crippen molar-refractivity contribution in [2.24, 2.45) is 5.92 Å². The van der Waals surface area contributed by atoms with Crippen LogP contribution in [0.15, 0.2) is 90.3 Å². The van der Waals surface area contributed by atoms with E-state index in [9.17, 15) is 9.59 Å². The van der Waals surface area contributed by atoms with E-state index in [1.54, 1.807) is 18.3 Å². The normalized spacial score (nSPS) is 11.8. The van der Waals surface area contributed by atoms with E-state index in [2.05, 4.69) is 24.3 Å². The van der Waals surface area contributed by atoms with Gasteiger partial charge in [0.05, 0.1) is 24.5 Å². The SMILES string of the molecule is CCOC(=O)CCCCC(C=Cc1ccccc1OCc1csc(-c2ccccc2)n1)Cc1ccc(C(=O)OCC)cc1. The van der Waals surface area contributed by atoms with Gasteiger partial charge in [-0.05, 0) is 62.8 Å². The Balaban J connectivity index is 1.42. The zero-order valence-corrected chi connectivity index (χ0v) is 25.7. The van der Waals surface area contributed by atoms with Crippen molar-refractivity contribution in [3.05, 3.63) is 113 Å². The summed E-state index contributed by atoms with van der Waals surface area (Å²) in [7, 11) is 0. The number of nitrogens with zero attached hydrogens (tertiary/aromatic N) is 1. The van der Waals surface area contributed by atoms with E-state index in [0.717, 1.165) is 58.8 Å². The van der Waals surface area contributed by atoms with E-state index in [0.29, 0.717) is 31.8 Å². The Morgan fingerprint density at radius 1 is 0.884 bits per heavy atom. The van der Waals surface area contributed by atoms with Crippen molar-refractivity contribution in [3.63, 3.8) is 0 Å². The van der Waals surface area contributed by atoms with Gasteiger partial charge in [-0.3, -0.25) is 4.79 Å². The number of carbonyl (C=O) groups excluding carboxylic acids is 2. The summed E-state index contributed by atoms with van der Waals surface area (Å²) < 4.78 is 16.4. The van der Waals surface area contributed by atoms with E-state index < -0.39 is 0 Å². The van der Waals surface area contributed by atoms with Crippen molar-refractivity contribution in [2.45, 2.75) is 52.6 Å². The molecule has 0 fully saturated rings. The number of carbonyl (C=O) groups is 2. The molecule has 0 bridgehead atoms. The average Bonchev–Trinajstić information content (AvgIpc) is 3.51. The average molecular weight is 598 g/mol. The Hall–Kier alpha value is -4.23. The van der Waals surface area contributed by atoms with E-state index >= 15 is 0 Å². The lowest BCUT2D eigenvalue weighted by molar-refractivity contribution is -0.143. The Labute approximate surface area is 258 Å². The maximum atomic E-state index is 12.1. The first-order valence-corrected chi connectivity index (χ1v) is 15.7. The molecule has 0 saturated carbocycles. The predicted octanol–water partition coefficient (Wildman–Crippen LogP) is 8.56. The van der Waals surface area contributed by atoms with Crippen LogP contribution in [0.2, 0.25) is 0 Å². The summed E-state index contributed by atoms with van der Waals surface area (Å²) in [6, 6.07) is 25.8. The number of thiazole rings is 1. The molecule has 1 aromatic heterocycles. The molecule has 43 heavy (non-hydrogen) atoms. The molecule has 0 aliphatic rings. The molecule has 1 atom stereocenters. The standard InChI is InChI=1S/C36H39NO5S/c1-3-40-34(38)17-11-8-12-27(24-28-19-22-31(23-20-28)36(39)41-4-2)18-21-29-13-9-10-16-33(29)42-25-32-26-43-35(37-32)30-14-6-5-7-15-30/h5-7,9-10,13-16,18-23,26-27H,3-4,8,11-12,17,24-25H2,1-2H3. The summed E-state index contributed by atoms with van der Waals surface area (Å²) in [5, 5.41) is 3.02. The Morgan fingerprint density at radius 2 is 1.63 bits per heavy atom. The fourth-order valence-electron chi connectivity index (χ4n) is 4.70. The molecule has 6 nitrogen and oxygen atoms in total. The number of benzene rings is 3. The van der Waals surface area contributed by atoms with E-state index in [-0.39, 0.29) is 17.9 Å². The number of hydrogen-bond donors (Lipinski definition) is 0. The van der Waals surface area contributed by atoms with Gasteiger partial charge in [0, 0.05) is 22.9 Å². The van der Waals surface area contributed by atoms with Crippen LogP contribution in [0.25, 0.3) is 16.6 Å². The molecule has 224 valence electrons. The Bertz CT molecular complexity index is 1460. The van der Waals surface area contributed by atoms with Crippen LogP contribution in [0.5, 0.6) is 5.75 Å². The first-order valence-electron chi connectivity index (χ1n) is 14.9. The van der Waals surface area contributed by atoms with E-state index in [1.165, 1.54) is 0 Å². The summed E-state index contributed by atoms with van der Waals surface area (Å²) in [6.45, 7) is 4.77. The van der Waals surface area contributed by atoms with Crippen LogP contribution in [-0.4, -0.2) is 30.1 Å². The number of unbranched alkanes of at least 4 members (excludes halogenated alkanes) is 1. The van der Waals surface area contributed by atoms with Gasteiger partial charge >= 0.3 is 11.9 Å². The fraction of sp³-hybridized carbons (Fsp3) is 0.306. The quantitative estimate of drug-likeness (QED) is 0.0952. The lowest BCUT2D eigenvalue weighted by Gasteiger charge is -2.14. The second-order valence-electron chi connectivity index (χ2n) is 10.1. The minimum atomic E-state index is -0.310. The van der Waals surface area contributed by atoms with Gasteiger partial charge in [-0.1, -0.05) is 79.2 Å². The lowest BCUT2D eigenvalue weighted by Crippen LogP contribution is -2.06. The molecule has 4 aromatic rings. The van der Waals surface area contributed by atoms with Gasteiger partial charge < -0.3 is 14.2 Å². The number of esters is 2. The minimum absolute atomic E-state index is 0.147. The molecule has 1 unspecified atom stereocenters. The van der Waals surface area contributed by atoms with Crippen LogP contribution >= 0.6 is 11.3 Å². The van der Waals surface area contributed by atoms with Gasteiger partial charge in [0.1, 0.15) is 17.4 Å². The lowest BCUT2D eigenvalue weighted by atomic mass is 9.92. The van der Waals surface area contributed by atoms with Gasteiger partial charge in [0.2, 0.25) is 0 Å². The van der Waals surface area contributed by atoms with Crippen LogP contribution < -0.4 is 4.74 Å². The molecule has 0 N–H and O–H groups in total. The smallest absolute Gasteiger partial charge is 0.338 e.